The van der Waals surface area contributed by atoms with E-state index in [-0.39, 0.29) is 17.9 Å². The number of benzene rings is 2. The number of hydrogen-bond acceptors (Lipinski definition) is 4. The van der Waals surface area contributed by atoms with Gasteiger partial charge < -0.3 is 10.6 Å². The molecule has 0 spiro atoms. The second-order valence-electron chi connectivity index (χ2n) is 7.94. The van der Waals surface area contributed by atoms with Gasteiger partial charge in [-0.15, -0.1) is 0 Å². The van der Waals surface area contributed by atoms with Gasteiger partial charge in [-0.3, -0.25) is 14.7 Å². The van der Waals surface area contributed by atoms with E-state index in [1.54, 1.807) is 18.5 Å². The summed E-state index contributed by atoms with van der Waals surface area (Å²) in [4.78, 5) is 18.9. The van der Waals surface area contributed by atoms with Crippen LogP contribution in [0.1, 0.15) is 39.6 Å². The number of carbonyl (C=O) groups excluding carboxylic acids is 1. The molecule has 1 amide bonds. The van der Waals surface area contributed by atoms with Crippen LogP contribution >= 0.6 is 0 Å². The summed E-state index contributed by atoms with van der Waals surface area (Å²) in [5.41, 5.74) is 5.93. The van der Waals surface area contributed by atoms with E-state index in [4.69, 9.17) is 0 Å². The average Bonchev–Trinajstić information content (AvgIpc) is 2.80. The Morgan fingerprint density at radius 2 is 1.97 bits per heavy atom. The summed E-state index contributed by atoms with van der Waals surface area (Å²) in [6.07, 6.45) is 6.19. The zero-order valence-corrected chi connectivity index (χ0v) is 17.0. The Morgan fingerprint density at radius 3 is 2.77 bits per heavy atom. The molecule has 2 aliphatic rings. The van der Waals surface area contributed by atoms with Gasteiger partial charge in [0.15, 0.2) is 0 Å². The summed E-state index contributed by atoms with van der Waals surface area (Å²) in [5, 5.41) is 6.38. The van der Waals surface area contributed by atoms with Crippen LogP contribution in [0.25, 0.3) is 5.57 Å². The summed E-state index contributed by atoms with van der Waals surface area (Å²) < 4.78 is 13.2. The lowest BCUT2D eigenvalue weighted by Crippen LogP contribution is -2.38. The lowest BCUT2D eigenvalue weighted by molar-refractivity contribution is 0.0935. The van der Waals surface area contributed by atoms with Crippen molar-refractivity contribution in [3.05, 3.63) is 101 Å². The van der Waals surface area contributed by atoms with E-state index in [1.165, 1.54) is 23.3 Å². The maximum absolute atomic E-state index is 13.2. The molecular weight excluding hydrogens is 391 g/mol. The summed E-state index contributed by atoms with van der Waals surface area (Å²) in [6, 6.07) is 16.7. The molecule has 0 bridgehead atoms. The lowest BCUT2D eigenvalue weighted by atomic mass is 9.99. The zero-order chi connectivity index (χ0) is 21.2. The lowest BCUT2D eigenvalue weighted by Gasteiger charge is -2.29. The number of nitrogens with zero attached hydrogens (tertiary/aromatic N) is 2. The summed E-state index contributed by atoms with van der Waals surface area (Å²) in [6.45, 7) is 2.64. The Labute approximate surface area is 180 Å². The molecule has 0 saturated carbocycles. The van der Waals surface area contributed by atoms with Gasteiger partial charge in [0.2, 0.25) is 0 Å². The van der Waals surface area contributed by atoms with Gasteiger partial charge in [-0.05, 0) is 46.9 Å². The van der Waals surface area contributed by atoms with E-state index in [1.807, 2.05) is 24.3 Å². The van der Waals surface area contributed by atoms with Crippen molar-refractivity contribution in [2.45, 2.75) is 19.1 Å². The molecule has 0 aliphatic carbocycles. The number of carbonyl (C=O) groups is 1. The molecule has 2 aromatic carbocycles. The first kappa shape index (κ1) is 19.5. The van der Waals surface area contributed by atoms with E-state index in [0.29, 0.717) is 5.56 Å². The highest BCUT2D eigenvalue weighted by atomic mass is 19.1. The number of rotatable bonds is 4. The third-order valence-corrected chi connectivity index (χ3v) is 5.84. The molecule has 2 aliphatic heterocycles. The number of aromatic nitrogens is 1. The van der Waals surface area contributed by atoms with Gasteiger partial charge in [0.25, 0.3) is 5.91 Å². The minimum absolute atomic E-state index is 0.0963. The number of fused-ring (bicyclic) bond motifs is 1. The molecule has 5 rings (SSSR count). The van der Waals surface area contributed by atoms with Crippen LogP contribution < -0.4 is 10.6 Å². The van der Waals surface area contributed by atoms with Gasteiger partial charge in [0.05, 0.1) is 17.4 Å². The first-order chi connectivity index (χ1) is 15.2. The van der Waals surface area contributed by atoms with E-state index >= 15 is 0 Å². The Balaban J connectivity index is 1.26. The van der Waals surface area contributed by atoms with Crippen molar-refractivity contribution in [3.8, 4) is 0 Å². The Kier molecular flexibility index (Phi) is 5.22. The van der Waals surface area contributed by atoms with E-state index in [2.05, 4.69) is 38.7 Å². The van der Waals surface area contributed by atoms with E-state index in [9.17, 15) is 9.18 Å². The van der Waals surface area contributed by atoms with Gasteiger partial charge >= 0.3 is 0 Å². The summed E-state index contributed by atoms with van der Waals surface area (Å²) in [5.74, 6) is -0.300. The molecule has 6 heteroatoms. The van der Waals surface area contributed by atoms with Crippen LogP contribution in [0.5, 0.6) is 0 Å². The smallest absolute Gasteiger partial charge is 0.255 e. The Hall–Kier alpha value is -3.51. The van der Waals surface area contributed by atoms with Crippen LogP contribution in [0.2, 0.25) is 0 Å². The second kappa shape index (κ2) is 8.32. The SMILES string of the molecule is O=C1NC(c2cccc(CN3CC=C(c4ccc(F)cc4)CC3)c2)Nc2cnccc21. The van der Waals surface area contributed by atoms with Crippen molar-refractivity contribution in [1.82, 2.24) is 15.2 Å². The number of nitrogens with one attached hydrogen (secondary N) is 2. The number of hydrogen-bond donors (Lipinski definition) is 2. The van der Waals surface area contributed by atoms with Crippen molar-refractivity contribution in [2.75, 3.05) is 18.4 Å². The number of amides is 1. The van der Waals surface area contributed by atoms with E-state index < -0.39 is 0 Å². The normalized spacial score (nSPS) is 18.5. The van der Waals surface area contributed by atoms with Crippen LogP contribution in [0.15, 0.2) is 73.1 Å². The van der Waals surface area contributed by atoms with Crippen molar-refractivity contribution in [2.24, 2.45) is 0 Å². The van der Waals surface area contributed by atoms with Crippen LogP contribution in [-0.4, -0.2) is 28.9 Å². The fraction of sp³-hybridized carbons (Fsp3) is 0.200. The minimum atomic E-state index is -0.282. The third kappa shape index (κ3) is 4.20. The molecule has 2 N–H and O–H groups in total. The number of halogens is 1. The predicted molar refractivity (Wildman–Crippen MR) is 119 cm³/mol. The summed E-state index contributed by atoms with van der Waals surface area (Å²) >= 11 is 0. The monoisotopic (exact) mass is 414 g/mol. The van der Waals surface area contributed by atoms with Crippen LogP contribution in [0.3, 0.4) is 0 Å². The van der Waals surface area contributed by atoms with Crippen molar-refractivity contribution in [3.63, 3.8) is 0 Å². The first-order valence-corrected chi connectivity index (χ1v) is 10.4. The largest absolute Gasteiger partial charge is 0.360 e. The van der Waals surface area contributed by atoms with Gasteiger partial charge in [0, 0.05) is 25.8 Å². The van der Waals surface area contributed by atoms with Gasteiger partial charge in [-0.1, -0.05) is 42.5 Å². The molecule has 5 nitrogen and oxygen atoms in total. The maximum atomic E-state index is 13.2. The second-order valence-corrected chi connectivity index (χ2v) is 7.94. The molecule has 0 radical (unpaired) electrons. The molecule has 1 unspecified atom stereocenters. The maximum Gasteiger partial charge on any atom is 0.255 e. The first-order valence-electron chi connectivity index (χ1n) is 10.4. The number of anilines is 1. The minimum Gasteiger partial charge on any atom is -0.360 e. The summed E-state index contributed by atoms with van der Waals surface area (Å²) in [7, 11) is 0. The van der Waals surface area contributed by atoms with Gasteiger partial charge in [-0.25, -0.2) is 4.39 Å². The van der Waals surface area contributed by atoms with Crippen LogP contribution in [-0.2, 0) is 6.54 Å². The molecule has 3 heterocycles. The molecule has 156 valence electrons. The molecular formula is C25H23FN4O. The molecule has 0 fully saturated rings. The third-order valence-electron chi connectivity index (χ3n) is 5.84. The Bertz CT molecular complexity index is 1140. The van der Waals surface area contributed by atoms with Crippen LogP contribution in [0, 0.1) is 5.82 Å². The van der Waals surface area contributed by atoms with Gasteiger partial charge in [-0.2, -0.15) is 0 Å². The molecule has 0 saturated heterocycles. The average molecular weight is 414 g/mol. The highest BCUT2D eigenvalue weighted by molar-refractivity contribution is 6.01. The zero-order valence-electron chi connectivity index (χ0n) is 17.0. The molecule has 1 atom stereocenters. The quantitative estimate of drug-likeness (QED) is 0.666. The molecule has 1 aromatic heterocycles. The van der Waals surface area contributed by atoms with Crippen molar-refractivity contribution >= 4 is 17.2 Å². The number of pyridine rings is 1. The topological polar surface area (TPSA) is 57.3 Å². The highest BCUT2D eigenvalue weighted by Crippen LogP contribution is 2.27. The van der Waals surface area contributed by atoms with Crippen molar-refractivity contribution in [1.29, 1.82) is 0 Å². The van der Waals surface area contributed by atoms with E-state index in [0.717, 1.165) is 42.9 Å². The Morgan fingerprint density at radius 1 is 1.10 bits per heavy atom. The standard InChI is InChI=1S/C25H23FN4O/c26-21-6-4-18(5-7-21)19-9-12-30(13-10-19)16-17-2-1-3-20(14-17)24-28-23-15-27-11-8-22(23)25(31)29-24/h1-9,11,14-15,24,28H,10,12-13,16H2,(H,29,31). The fourth-order valence-corrected chi connectivity index (χ4v) is 4.18. The van der Waals surface area contributed by atoms with Gasteiger partial charge in [0.1, 0.15) is 12.0 Å². The highest BCUT2D eigenvalue weighted by Gasteiger charge is 2.24. The van der Waals surface area contributed by atoms with Crippen molar-refractivity contribution < 1.29 is 9.18 Å². The predicted octanol–water partition coefficient (Wildman–Crippen LogP) is 4.36. The molecule has 31 heavy (non-hydrogen) atoms. The molecule has 3 aromatic rings. The fourth-order valence-electron chi connectivity index (χ4n) is 4.18. The van der Waals surface area contributed by atoms with Crippen LogP contribution in [0.4, 0.5) is 10.1 Å².